The van der Waals surface area contributed by atoms with Crippen molar-refractivity contribution < 1.29 is 4.79 Å². The molecule has 0 saturated heterocycles. The van der Waals surface area contributed by atoms with E-state index in [1.54, 1.807) is 0 Å². The number of fused-ring (bicyclic) bond motifs is 1. The Bertz CT molecular complexity index is 1320. The topological polar surface area (TPSA) is 51.0 Å². The van der Waals surface area contributed by atoms with Crippen LogP contribution in [-0.2, 0) is 23.2 Å². The number of aromatic nitrogens is 3. The number of benzene rings is 3. The molecule has 0 unspecified atom stereocenters. The Morgan fingerprint density at radius 1 is 0.886 bits per heavy atom. The first kappa shape index (κ1) is 23.4. The van der Waals surface area contributed by atoms with Gasteiger partial charge in [0, 0.05) is 24.3 Å². The summed E-state index contributed by atoms with van der Waals surface area (Å²) in [4.78, 5) is 15.0. The van der Waals surface area contributed by atoms with Crippen molar-refractivity contribution in [3.63, 3.8) is 0 Å². The molecule has 0 fully saturated rings. The molecule has 5 rings (SSSR count). The van der Waals surface area contributed by atoms with E-state index in [4.69, 9.17) is 0 Å². The third-order valence-corrected chi connectivity index (χ3v) is 7.38. The predicted octanol–water partition coefficient (Wildman–Crippen LogP) is 5.91. The molecular formula is C29H30N4OS. The maximum Gasteiger partial charge on any atom is 0.233 e. The second-order valence-corrected chi connectivity index (χ2v) is 10.9. The van der Waals surface area contributed by atoms with Gasteiger partial charge in [-0.15, -0.1) is 10.2 Å². The van der Waals surface area contributed by atoms with Crippen LogP contribution < -0.4 is 0 Å². The smallest absolute Gasteiger partial charge is 0.233 e. The highest BCUT2D eigenvalue weighted by Crippen LogP contribution is 2.30. The zero-order valence-electron chi connectivity index (χ0n) is 20.4. The van der Waals surface area contributed by atoms with Gasteiger partial charge in [-0.25, -0.2) is 0 Å². The zero-order valence-corrected chi connectivity index (χ0v) is 21.3. The first-order chi connectivity index (χ1) is 16.9. The number of thioether (sulfide) groups is 1. The number of hydrogen-bond donors (Lipinski definition) is 0. The lowest BCUT2D eigenvalue weighted by molar-refractivity contribution is -0.129. The van der Waals surface area contributed by atoms with Crippen LogP contribution in [0.25, 0.3) is 17.1 Å². The number of hydrogen-bond acceptors (Lipinski definition) is 4. The van der Waals surface area contributed by atoms with Gasteiger partial charge in [-0.1, -0.05) is 99.3 Å². The lowest BCUT2D eigenvalue weighted by atomic mass is 9.87. The molecule has 1 aromatic heterocycles. The van der Waals surface area contributed by atoms with Gasteiger partial charge in [-0.3, -0.25) is 9.36 Å². The highest BCUT2D eigenvalue weighted by Gasteiger charge is 2.23. The van der Waals surface area contributed by atoms with E-state index in [-0.39, 0.29) is 11.3 Å². The van der Waals surface area contributed by atoms with Crippen molar-refractivity contribution >= 4 is 17.7 Å². The number of carbonyl (C=O) groups is 1. The van der Waals surface area contributed by atoms with E-state index in [1.165, 1.54) is 28.5 Å². The first-order valence-corrected chi connectivity index (χ1v) is 13.0. The maximum absolute atomic E-state index is 13.1. The Hall–Kier alpha value is -3.38. The van der Waals surface area contributed by atoms with Crippen molar-refractivity contribution in [2.24, 2.45) is 0 Å². The number of nitrogens with zero attached hydrogens (tertiary/aromatic N) is 4. The van der Waals surface area contributed by atoms with E-state index in [9.17, 15) is 4.79 Å². The lowest BCUT2D eigenvalue weighted by Crippen LogP contribution is -2.37. The van der Waals surface area contributed by atoms with Crippen LogP contribution in [0.1, 0.15) is 37.5 Å². The summed E-state index contributed by atoms with van der Waals surface area (Å²) in [6, 6.07) is 27.0. The summed E-state index contributed by atoms with van der Waals surface area (Å²) < 4.78 is 2.05. The number of para-hydroxylation sites is 1. The SMILES string of the molecule is CC(C)(C)c1ccc(-c2nnc(SCC(=O)N3CCc4ccccc4C3)n2-c2ccccc2)cc1. The minimum absolute atomic E-state index is 0.0853. The Kier molecular flexibility index (Phi) is 6.48. The van der Waals surface area contributed by atoms with Crippen LogP contribution in [0, 0.1) is 0 Å². The van der Waals surface area contributed by atoms with Gasteiger partial charge in [-0.05, 0) is 40.7 Å². The fourth-order valence-electron chi connectivity index (χ4n) is 4.41. The monoisotopic (exact) mass is 482 g/mol. The van der Waals surface area contributed by atoms with Crippen LogP contribution in [0.3, 0.4) is 0 Å². The van der Waals surface area contributed by atoms with Gasteiger partial charge in [0.15, 0.2) is 11.0 Å². The van der Waals surface area contributed by atoms with Gasteiger partial charge in [0.2, 0.25) is 5.91 Å². The molecule has 0 bridgehead atoms. The third kappa shape index (κ3) is 5.03. The van der Waals surface area contributed by atoms with Crippen molar-refractivity contribution in [3.8, 4) is 17.1 Å². The molecule has 0 N–H and O–H groups in total. The summed E-state index contributed by atoms with van der Waals surface area (Å²) in [6.45, 7) is 8.06. The number of rotatable bonds is 5. The molecule has 6 heteroatoms. The second kappa shape index (κ2) is 9.70. The van der Waals surface area contributed by atoms with Crippen LogP contribution in [0.4, 0.5) is 0 Å². The zero-order chi connectivity index (χ0) is 24.4. The molecule has 2 heterocycles. The van der Waals surface area contributed by atoms with Gasteiger partial charge in [0.05, 0.1) is 5.75 Å². The molecule has 5 nitrogen and oxygen atoms in total. The van der Waals surface area contributed by atoms with Crippen molar-refractivity contribution in [1.82, 2.24) is 19.7 Å². The van der Waals surface area contributed by atoms with Crippen LogP contribution in [-0.4, -0.2) is 37.9 Å². The van der Waals surface area contributed by atoms with Gasteiger partial charge >= 0.3 is 0 Å². The average Bonchev–Trinajstić information content (AvgIpc) is 3.31. The highest BCUT2D eigenvalue weighted by molar-refractivity contribution is 7.99. The largest absolute Gasteiger partial charge is 0.337 e. The fourth-order valence-corrected chi connectivity index (χ4v) is 5.26. The van der Waals surface area contributed by atoms with E-state index >= 15 is 0 Å². The minimum atomic E-state index is 0.0853. The molecule has 0 radical (unpaired) electrons. The highest BCUT2D eigenvalue weighted by atomic mass is 32.2. The molecule has 35 heavy (non-hydrogen) atoms. The van der Waals surface area contributed by atoms with Gasteiger partial charge < -0.3 is 4.90 Å². The molecule has 0 spiro atoms. The summed E-state index contributed by atoms with van der Waals surface area (Å²) in [5.74, 6) is 1.23. The summed E-state index contributed by atoms with van der Waals surface area (Å²) in [5.41, 5.74) is 5.92. The predicted molar refractivity (Wildman–Crippen MR) is 142 cm³/mol. The quantitative estimate of drug-likeness (QED) is 0.332. The molecule has 1 amide bonds. The molecule has 0 aliphatic carbocycles. The standard InChI is InChI=1S/C29H30N4OS/c1-29(2,3)24-15-13-22(14-16-24)27-30-31-28(33(27)25-11-5-4-6-12-25)35-20-26(34)32-18-17-21-9-7-8-10-23(21)19-32/h4-16H,17-20H2,1-3H3. The van der Waals surface area contributed by atoms with Crippen LogP contribution in [0.2, 0.25) is 0 Å². The van der Waals surface area contributed by atoms with Crippen LogP contribution in [0.5, 0.6) is 0 Å². The normalized spacial score (nSPS) is 13.5. The first-order valence-electron chi connectivity index (χ1n) is 12.0. The Balaban J connectivity index is 1.39. The second-order valence-electron chi connectivity index (χ2n) is 9.93. The molecule has 3 aromatic carbocycles. The Morgan fingerprint density at radius 2 is 1.57 bits per heavy atom. The molecule has 4 aromatic rings. The Labute approximate surface area is 211 Å². The summed E-state index contributed by atoms with van der Waals surface area (Å²) in [6.07, 6.45) is 0.904. The van der Waals surface area contributed by atoms with E-state index in [2.05, 4.69) is 78.0 Å². The molecule has 1 aliphatic heterocycles. The van der Waals surface area contributed by atoms with Crippen molar-refractivity contribution in [1.29, 1.82) is 0 Å². The average molecular weight is 483 g/mol. The summed E-state index contributed by atoms with van der Waals surface area (Å²) >= 11 is 1.45. The van der Waals surface area contributed by atoms with E-state index in [0.29, 0.717) is 12.3 Å². The van der Waals surface area contributed by atoms with Crippen molar-refractivity contribution in [2.75, 3.05) is 12.3 Å². The van der Waals surface area contributed by atoms with Crippen LogP contribution >= 0.6 is 11.8 Å². The van der Waals surface area contributed by atoms with E-state index in [1.807, 2.05) is 41.3 Å². The molecule has 0 atom stereocenters. The van der Waals surface area contributed by atoms with E-state index < -0.39 is 0 Å². The molecule has 178 valence electrons. The number of carbonyl (C=O) groups excluding carboxylic acids is 1. The fraction of sp³-hybridized carbons (Fsp3) is 0.276. The molecular weight excluding hydrogens is 452 g/mol. The van der Waals surface area contributed by atoms with Crippen LogP contribution in [0.15, 0.2) is 84.0 Å². The molecule has 0 saturated carbocycles. The lowest BCUT2D eigenvalue weighted by Gasteiger charge is -2.28. The van der Waals surface area contributed by atoms with Gasteiger partial charge in [0.1, 0.15) is 0 Å². The van der Waals surface area contributed by atoms with Gasteiger partial charge in [-0.2, -0.15) is 0 Å². The van der Waals surface area contributed by atoms with Crippen molar-refractivity contribution in [3.05, 3.63) is 95.6 Å². The molecule has 1 aliphatic rings. The summed E-state index contributed by atoms with van der Waals surface area (Å²) in [5, 5.41) is 9.76. The maximum atomic E-state index is 13.1. The van der Waals surface area contributed by atoms with E-state index in [0.717, 1.165) is 35.2 Å². The van der Waals surface area contributed by atoms with Gasteiger partial charge in [0.25, 0.3) is 0 Å². The minimum Gasteiger partial charge on any atom is -0.337 e. The summed E-state index contributed by atoms with van der Waals surface area (Å²) in [7, 11) is 0. The van der Waals surface area contributed by atoms with Crippen molar-refractivity contribution in [2.45, 2.75) is 44.3 Å². The number of amides is 1. The third-order valence-electron chi connectivity index (χ3n) is 6.46. The Morgan fingerprint density at radius 3 is 2.29 bits per heavy atom.